The molecule has 0 radical (unpaired) electrons. The van der Waals surface area contributed by atoms with Gasteiger partial charge in [-0.15, -0.1) is 12.4 Å². The van der Waals surface area contributed by atoms with Crippen LogP contribution in [0, 0.1) is 18.3 Å². The topological polar surface area (TPSA) is 41.1 Å². The van der Waals surface area contributed by atoms with Crippen LogP contribution < -0.4 is 10.6 Å². The van der Waals surface area contributed by atoms with Gasteiger partial charge in [0.05, 0.1) is 5.56 Å². The number of halogens is 4. The molecule has 128 valence electrons. The van der Waals surface area contributed by atoms with Crippen LogP contribution in [0.2, 0.25) is 0 Å². The number of amides is 1. The van der Waals surface area contributed by atoms with E-state index in [2.05, 4.69) is 10.6 Å². The summed E-state index contributed by atoms with van der Waals surface area (Å²) < 4.78 is 38.7. The Morgan fingerprint density at radius 3 is 2.57 bits per heavy atom. The first kappa shape index (κ1) is 18.1. The highest BCUT2D eigenvalue weighted by Gasteiger charge is 2.57. The molecule has 1 spiro atoms. The van der Waals surface area contributed by atoms with Crippen LogP contribution in [0.5, 0.6) is 0 Å². The van der Waals surface area contributed by atoms with E-state index in [0.29, 0.717) is 0 Å². The lowest BCUT2D eigenvalue weighted by atomic mass is 9.91. The largest absolute Gasteiger partial charge is 0.416 e. The van der Waals surface area contributed by atoms with Gasteiger partial charge in [-0.05, 0) is 62.4 Å². The van der Waals surface area contributed by atoms with Crippen molar-refractivity contribution in [2.24, 2.45) is 11.3 Å². The van der Waals surface area contributed by atoms with E-state index in [4.69, 9.17) is 0 Å². The standard InChI is InChI=1S/C16H19F3N2O.ClH/c1-10-2-3-11(8-12(10)16(17,18)19)21-14(22)13-9-15(13)4-6-20-7-5-15;/h2-3,8,13,20H,4-7,9H2,1H3,(H,21,22);1H. The van der Waals surface area contributed by atoms with Gasteiger partial charge in [-0.2, -0.15) is 13.2 Å². The molecule has 1 saturated carbocycles. The second-order valence-electron chi connectivity index (χ2n) is 6.39. The van der Waals surface area contributed by atoms with Crippen LogP contribution in [-0.4, -0.2) is 19.0 Å². The molecule has 2 aliphatic rings. The quantitative estimate of drug-likeness (QED) is 0.854. The summed E-state index contributed by atoms with van der Waals surface area (Å²) in [6.45, 7) is 3.23. The third-order valence-electron chi connectivity index (χ3n) is 4.92. The average Bonchev–Trinajstić information content (AvgIpc) is 3.14. The normalized spacial score (nSPS) is 22.3. The monoisotopic (exact) mass is 348 g/mol. The minimum Gasteiger partial charge on any atom is -0.326 e. The molecule has 2 N–H and O–H groups in total. The lowest BCUT2D eigenvalue weighted by molar-refractivity contribution is -0.138. The van der Waals surface area contributed by atoms with Gasteiger partial charge in [0.2, 0.25) is 5.91 Å². The number of carbonyl (C=O) groups excluding carboxylic acids is 1. The summed E-state index contributed by atoms with van der Waals surface area (Å²) in [6.07, 6.45) is -1.63. The van der Waals surface area contributed by atoms with Gasteiger partial charge in [-0.1, -0.05) is 6.07 Å². The summed E-state index contributed by atoms with van der Waals surface area (Å²) >= 11 is 0. The van der Waals surface area contributed by atoms with Gasteiger partial charge in [-0.3, -0.25) is 4.79 Å². The first-order chi connectivity index (χ1) is 10.3. The molecule has 1 aromatic carbocycles. The highest BCUT2D eigenvalue weighted by Crippen LogP contribution is 2.58. The maximum absolute atomic E-state index is 12.9. The molecule has 3 nitrogen and oxygen atoms in total. The van der Waals surface area contributed by atoms with Crippen LogP contribution in [0.15, 0.2) is 18.2 Å². The molecule has 1 aromatic rings. The number of benzene rings is 1. The number of hydrogen-bond donors (Lipinski definition) is 2. The van der Waals surface area contributed by atoms with Crippen molar-refractivity contribution in [3.63, 3.8) is 0 Å². The Labute approximate surface area is 139 Å². The second-order valence-corrected chi connectivity index (χ2v) is 6.39. The molecule has 1 amide bonds. The Balaban J connectivity index is 0.00000192. The van der Waals surface area contributed by atoms with Gasteiger partial charge < -0.3 is 10.6 Å². The molecule has 0 bridgehead atoms. The molecule has 3 rings (SSSR count). The number of rotatable bonds is 2. The molecular weight excluding hydrogens is 329 g/mol. The van der Waals surface area contributed by atoms with Crippen LogP contribution in [0.3, 0.4) is 0 Å². The third kappa shape index (κ3) is 3.63. The fraction of sp³-hybridized carbons (Fsp3) is 0.562. The van der Waals surface area contributed by atoms with Crippen molar-refractivity contribution >= 4 is 24.0 Å². The second kappa shape index (κ2) is 6.32. The molecule has 1 saturated heterocycles. The molecule has 2 fully saturated rings. The summed E-state index contributed by atoms with van der Waals surface area (Å²) in [7, 11) is 0. The summed E-state index contributed by atoms with van der Waals surface area (Å²) in [5.74, 6) is -0.218. The van der Waals surface area contributed by atoms with Gasteiger partial charge in [0.15, 0.2) is 0 Å². The number of alkyl halides is 3. The highest BCUT2D eigenvalue weighted by atomic mass is 35.5. The maximum Gasteiger partial charge on any atom is 0.416 e. The van der Waals surface area contributed by atoms with E-state index in [9.17, 15) is 18.0 Å². The lowest BCUT2D eigenvalue weighted by Gasteiger charge is -2.23. The SMILES string of the molecule is Cc1ccc(NC(=O)C2CC23CCNCC3)cc1C(F)(F)F.Cl. The minimum atomic E-state index is -4.40. The van der Waals surface area contributed by atoms with Crippen molar-refractivity contribution in [2.45, 2.75) is 32.4 Å². The Morgan fingerprint density at radius 1 is 1.30 bits per heavy atom. The van der Waals surface area contributed by atoms with Crippen molar-refractivity contribution in [1.29, 1.82) is 0 Å². The predicted molar refractivity (Wildman–Crippen MR) is 84.7 cm³/mol. The van der Waals surface area contributed by atoms with Crippen LogP contribution in [-0.2, 0) is 11.0 Å². The number of carbonyl (C=O) groups is 1. The van der Waals surface area contributed by atoms with Crippen molar-refractivity contribution in [3.8, 4) is 0 Å². The number of hydrogen-bond acceptors (Lipinski definition) is 2. The lowest BCUT2D eigenvalue weighted by Crippen LogP contribution is -2.31. The number of aryl methyl sites for hydroxylation is 1. The van der Waals surface area contributed by atoms with E-state index in [1.165, 1.54) is 19.1 Å². The molecule has 0 aromatic heterocycles. The van der Waals surface area contributed by atoms with Crippen LogP contribution in [0.1, 0.15) is 30.4 Å². The third-order valence-corrected chi connectivity index (χ3v) is 4.92. The molecule has 1 unspecified atom stereocenters. The average molecular weight is 349 g/mol. The highest BCUT2D eigenvalue weighted by molar-refractivity contribution is 5.95. The van der Waals surface area contributed by atoms with Gasteiger partial charge >= 0.3 is 6.18 Å². The first-order valence-electron chi connectivity index (χ1n) is 7.51. The zero-order valence-corrected chi connectivity index (χ0v) is 13.6. The molecule has 1 aliphatic heterocycles. The van der Waals surface area contributed by atoms with Crippen molar-refractivity contribution < 1.29 is 18.0 Å². The number of nitrogens with one attached hydrogen (secondary N) is 2. The minimum absolute atomic E-state index is 0. The fourth-order valence-corrected chi connectivity index (χ4v) is 3.43. The van der Waals surface area contributed by atoms with E-state index >= 15 is 0 Å². The van der Waals surface area contributed by atoms with Crippen LogP contribution in [0.4, 0.5) is 18.9 Å². The van der Waals surface area contributed by atoms with E-state index in [0.717, 1.165) is 38.4 Å². The zero-order chi connectivity index (χ0) is 16.0. The Hall–Kier alpha value is -1.27. The van der Waals surface area contributed by atoms with E-state index in [1.54, 1.807) is 0 Å². The predicted octanol–water partition coefficient (Wildman–Crippen LogP) is 3.76. The molecule has 7 heteroatoms. The summed E-state index contributed by atoms with van der Waals surface area (Å²) in [5.41, 5.74) is -0.240. The Morgan fingerprint density at radius 2 is 1.96 bits per heavy atom. The zero-order valence-electron chi connectivity index (χ0n) is 12.8. The summed E-state index contributed by atoms with van der Waals surface area (Å²) in [4.78, 5) is 12.3. The summed E-state index contributed by atoms with van der Waals surface area (Å²) in [6, 6.07) is 3.94. The van der Waals surface area contributed by atoms with Crippen molar-refractivity contribution in [3.05, 3.63) is 29.3 Å². The first-order valence-corrected chi connectivity index (χ1v) is 7.51. The molecule has 1 atom stereocenters. The molecular formula is C16H20ClF3N2O. The molecule has 1 aliphatic carbocycles. The Kier molecular flexibility index (Phi) is 4.97. The molecule has 23 heavy (non-hydrogen) atoms. The van der Waals surface area contributed by atoms with E-state index < -0.39 is 11.7 Å². The molecule has 1 heterocycles. The smallest absolute Gasteiger partial charge is 0.326 e. The van der Waals surface area contributed by atoms with E-state index in [1.807, 2.05) is 0 Å². The number of anilines is 1. The van der Waals surface area contributed by atoms with Crippen molar-refractivity contribution in [1.82, 2.24) is 5.32 Å². The van der Waals surface area contributed by atoms with Gasteiger partial charge in [0, 0.05) is 11.6 Å². The van der Waals surface area contributed by atoms with Crippen LogP contribution in [0.25, 0.3) is 0 Å². The van der Waals surface area contributed by atoms with E-state index in [-0.39, 0.29) is 40.9 Å². The fourth-order valence-electron chi connectivity index (χ4n) is 3.43. The maximum atomic E-state index is 12.9. The van der Waals surface area contributed by atoms with Gasteiger partial charge in [-0.25, -0.2) is 0 Å². The summed E-state index contributed by atoms with van der Waals surface area (Å²) in [5, 5.41) is 5.92. The van der Waals surface area contributed by atoms with Gasteiger partial charge in [0.25, 0.3) is 0 Å². The van der Waals surface area contributed by atoms with Gasteiger partial charge in [0.1, 0.15) is 0 Å². The van der Waals surface area contributed by atoms with Crippen molar-refractivity contribution in [2.75, 3.05) is 18.4 Å². The number of piperidine rings is 1. The Bertz CT molecular complexity index is 597. The van der Waals surface area contributed by atoms with Crippen LogP contribution >= 0.6 is 12.4 Å².